The summed E-state index contributed by atoms with van der Waals surface area (Å²) in [6, 6.07) is 11.4. The third-order valence-electron chi connectivity index (χ3n) is 6.01. The van der Waals surface area contributed by atoms with E-state index in [0.29, 0.717) is 5.54 Å². The van der Waals surface area contributed by atoms with Gasteiger partial charge in [0.2, 0.25) is 0 Å². The highest BCUT2D eigenvalue weighted by molar-refractivity contribution is 5.29. The summed E-state index contributed by atoms with van der Waals surface area (Å²) in [6.45, 7) is 2.66. The van der Waals surface area contributed by atoms with Gasteiger partial charge in [-0.1, -0.05) is 43.2 Å². The van der Waals surface area contributed by atoms with E-state index in [0.717, 1.165) is 11.8 Å². The van der Waals surface area contributed by atoms with Crippen LogP contribution in [0.1, 0.15) is 50.5 Å². The molecule has 0 spiro atoms. The molecule has 1 heterocycles. The van der Waals surface area contributed by atoms with E-state index in [2.05, 4.69) is 35.2 Å². The predicted octanol–water partition coefficient (Wildman–Crippen LogP) is 4.19. The van der Waals surface area contributed by atoms with Crippen molar-refractivity contribution in [1.82, 2.24) is 4.90 Å². The standard InChI is InChI=1S/C18H25N/c1-3-7-16(8-4-1)18(19-11-5-2-6-12-19)14-15-9-10-17(18)13-15/h1,3-4,7-8,15,17H,2,5-6,9-14H2. The minimum absolute atomic E-state index is 0.407. The molecule has 3 unspecified atom stereocenters. The molecule has 19 heavy (non-hydrogen) atoms. The molecule has 3 atom stereocenters. The van der Waals surface area contributed by atoms with Crippen LogP contribution in [0.15, 0.2) is 30.3 Å². The molecular weight excluding hydrogens is 230 g/mol. The molecule has 4 rings (SSSR count). The fourth-order valence-corrected chi connectivity index (χ4v) is 5.24. The molecule has 0 amide bonds. The Morgan fingerprint density at radius 3 is 2.37 bits per heavy atom. The number of nitrogens with zero attached hydrogens (tertiary/aromatic N) is 1. The first-order valence-corrected chi connectivity index (χ1v) is 8.20. The molecule has 1 heteroatoms. The van der Waals surface area contributed by atoms with Crippen LogP contribution in [0, 0.1) is 11.8 Å². The summed E-state index contributed by atoms with van der Waals surface area (Å²) in [5.41, 5.74) is 2.02. The maximum atomic E-state index is 2.87. The normalized spacial score (nSPS) is 38.7. The number of hydrogen-bond donors (Lipinski definition) is 0. The second-order valence-electron chi connectivity index (χ2n) is 6.92. The Morgan fingerprint density at radius 1 is 0.947 bits per heavy atom. The van der Waals surface area contributed by atoms with Gasteiger partial charge in [0.05, 0.1) is 0 Å². The molecule has 1 aliphatic heterocycles. The van der Waals surface area contributed by atoms with Crippen LogP contribution in [0.4, 0.5) is 0 Å². The maximum absolute atomic E-state index is 2.87. The van der Waals surface area contributed by atoms with Gasteiger partial charge >= 0.3 is 0 Å². The van der Waals surface area contributed by atoms with Gasteiger partial charge in [-0.15, -0.1) is 0 Å². The third-order valence-corrected chi connectivity index (χ3v) is 6.01. The molecule has 2 saturated carbocycles. The van der Waals surface area contributed by atoms with Crippen molar-refractivity contribution in [2.24, 2.45) is 11.8 Å². The lowest BCUT2D eigenvalue weighted by molar-refractivity contribution is 0.0154. The first kappa shape index (κ1) is 12.0. The van der Waals surface area contributed by atoms with Crippen molar-refractivity contribution in [2.45, 2.75) is 50.5 Å². The zero-order chi connectivity index (χ0) is 12.7. The van der Waals surface area contributed by atoms with Crippen LogP contribution in [0.5, 0.6) is 0 Å². The minimum atomic E-state index is 0.407. The lowest BCUT2D eigenvalue weighted by atomic mass is 9.73. The molecule has 2 aliphatic carbocycles. The van der Waals surface area contributed by atoms with E-state index in [4.69, 9.17) is 0 Å². The van der Waals surface area contributed by atoms with Gasteiger partial charge in [0.15, 0.2) is 0 Å². The number of piperidine rings is 1. The van der Waals surface area contributed by atoms with Crippen molar-refractivity contribution < 1.29 is 0 Å². The molecule has 0 N–H and O–H groups in total. The van der Waals surface area contributed by atoms with Gasteiger partial charge in [-0.3, -0.25) is 4.90 Å². The second-order valence-corrected chi connectivity index (χ2v) is 6.92. The highest BCUT2D eigenvalue weighted by atomic mass is 15.2. The Labute approximate surface area is 117 Å². The highest BCUT2D eigenvalue weighted by Gasteiger charge is 2.54. The van der Waals surface area contributed by atoms with Crippen LogP contribution in [0.2, 0.25) is 0 Å². The Morgan fingerprint density at radius 2 is 1.74 bits per heavy atom. The first-order valence-electron chi connectivity index (χ1n) is 8.20. The zero-order valence-corrected chi connectivity index (χ0v) is 11.9. The van der Waals surface area contributed by atoms with Gasteiger partial charge < -0.3 is 0 Å². The largest absolute Gasteiger partial charge is 0.293 e. The van der Waals surface area contributed by atoms with Crippen molar-refractivity contribution in [3.05, 3.63) is 35.9 Å². The maximum Gasteiger partial charge on any atom is 0.0491 e. The average Bonchev–Trinajstić information content (AvgIpc) is 3.10. The Kier molecular flexibility index (Phi) is 2.91. The van der Waals surface area contributed by atoms with Crippen molar-refractivity contribution >= 4 is 0 Å². The molecule has 3 fully saturated rings. The number of hydrogen-bond acceptors (Lipinski definition) is 1. The number of rotatable bonds is 2. The molecule has 1 aromatic carbocycles. The number of likely N-dealkylation sites (tertiary alicyclic amines) is 1. The summed E-state index contributed by atoms with van der Waals surface area (Å²) >= 11 is 0. The van der Waals surface area contributed by atoms with Gasteiger partial charge in [-0.2, -0.15) is 0 Å². The molecule has 1 aromatic rings. The number of benzene rings is 1. The first-order chi connectivity index (χ1) is 9.39. The molecular formula is C18H25N. The smallest absolute Gasteiger partial charge is 0.0491 e. The SMILES string of the molecule is c1ccc(C2(N3CCCCC3)CC3CCC2C3)cc1. The molecule has 2 bridgehead atoms. The zero-order valence-electron chi connectivity index (χ0n) is 11.9. The monoisotopic (exact) mass is 255 g/mol. The van der Waals surface area contributed by atoms with Crippen molar-refractivity contribution in [1.29, 1.82) is 0 Å². The van der Waals surface area contributed by atoms with Crippen LogP contribution >= 0.6 is 0 Å². The van der Waals surface area contributed by atoms with E-state index in [1.807, 2.05) is 0 Å². The fraction of sp³-hybridized carbons (Fsp3) is 0.667. The van der Waals surface area contributed by atoms with Gasteiger partial charge in [0.1, 0.15) is 0 Å². The Hall–Kier alpha value is -0.820. The van der Waals surface area contributed by atoms with Crippen LogP contribution < -0.4 is 0 Å². The summed E-state index contributed by atoms with van der Waals surface area (Å²) in [6.07, 6.45) is 10.1. The van der Waals surface area contributed by atoms with Crippen molar-refractivity contribution in [3.63, 3.8) is 0 Å². The number of fused-ring (bicyclic) bond motifs is 2. The topological polar surface area (TPSA) is 3.24 Å². The average molecular weight is 255 g/mol. The summed E-state index contributed by atoms with van der Waals surface area (Å²) in [5.74, 6) is 1.94. The summed E-state index contributed by atoms with van der Waals surface area (Å²) < 4.78 is 0. The highest BCUT2D eigenvalue weighted by Crippen LogP contribution is 2.58. The third kappa shape index (κ3) is 1.78. The Balaban J connectivity index is 1.75. The van der Waals surface area contributed by atoms with Crippen LogP contribution in [0.3, 0.4) is 0 Å². The molecule has 0 radical (unpaired) electrons. The molecule has 1 saturated heterocycles. The summed E-state index contributed by atoms with van der Waals surface area (Å²) in [4.78, 5) is 2.87. The van der Waals surface area contributed by atoms with E-state index in [9.17, 15) is 0 Å². The summed E-state index contributed by atoms with van der Waals surface area (Å²) in [7, 11) is 0. The lowest BCUT2D eigenvalue weighted by Gasteiger charge is -2.49. The molecule has 3 aliphatic rings. The van der Waals surface area contributed by atoms with E-state index in [-0.39, 0.29) is 0 Å². The van der Waals surface area contributed by atoms with Crippen molar-refractivity contribution in [2.75, 3.05) is 13.1 Å². The van der Waals surface area contributed by atoms with Gasteiger partial charge in [0.25, 0.3) is 0 Å². The van der Waals surface area contributed by atoms with E-state index in [1.165, 1.54) is 58.0 Å². The van der Waals surface area contributed by atoms with Crippen molar-refractivity contribution in [3.8, 4) is 0 Å². The van der Waals surface area contributed by atoms with Crippen LogP contribution in [0.25, 0.3) is 0 Å². The van der Waals surface area contributed by atoms with E-state index >= 15 is 0 Å². The quantitative estimate of drug-likeness (QED) is 0.766. The molecule has 102 valence electrons. The van der Waals surface area contributed by atoms with Gasteiger partial charge in [-0.25, -0.2) is 0 Å². The van der Waals surface area contributed by atoms with E-state index < -0.39 is 0 Å². The molecule has 0 aromatic heterocycles. The Bertz CT molecular complexity index is 434. The van der Waals surface area contributed by atoms with Gasteiger partial charge in [0, 0.05) is 5.54 Å². The fourth-order valence-electron chi connectivity index (χ4n) is 5.24. The van der Waals surface area contributed by atoms with E-state index in [1.54, 1.807) is 5.56 Å². The minimum Gasteiger partial charge on any atom is -0.293 e. The molecule has 1 nitrogen and oxygen atoms in total. The predicted molar refractivity (Wildman–Crippen MR) is 79.0 cm³/mol. The van der Waals surface area contributed by atoms with Crippen LogP contribution in [-0.4, -0.2) is 18.0 Å². The lowest BCUT2D eigenvalue weighted by Crippen LogP contribution is -2.51. The van der Waals surface area contributed by atoms with Gasteiger partial charge in [-0.05, 0) is 62.6 Å². The summed E-state index contributed by atoms with van der Waals surface area (Å²) in [5, 5.41) is 0. The van der Waals surface area contributed by atoms with Crippen LogP contribution in [-0.2, 0) is 5.54 Å². The second kappa shape index (κ2) is 4.63.